The van der Waals surface area contributed by atoms with Crippen molar-refractivity contribution in [3.8, 4) is 5.69 Å². The topological polar surface area (TPSA) is 50.2 Å². The van der Waals surface area contributed by atoms with Gasteiger partial charge in [-0.25, -0.2) is 9.48 Å². The van der Waals surface area contributed by atoms with E-state index in [4.69, 9.17) is 0 Å². The number of para-hydroxylation sites is 1. The number of carbonyl (C=O) groups excluding carboxylic acids is 1. The summed E-state index contributed by atoms with van der Waals surface area (Å²) in [6, 6.07) is 18.6. The molecule has 0 bridgehead atoms. The Bertz CT molecular complexity index is 935. The van der Waals surface area contributed by atoms with Crippen molar-refractivity contribution in [2.45, 2.75) is 32.2 Å². The van der Waals surface area contributed by atoms with Crippen molar-refractivity contribution in [1.29, 1.82) is 0 Å². The van der Waals surface area contributed by atoms with Crippen molar-refractivity contribution in [2.75, 3.05) is 13.1 Å². The molecule has 144 valence electrons. The van der Waals surface area contributed by atoms with Crippen LogP contribution in [0.15, 0.2) is 67.0 Å². The van der Waals surface area contributed by atoms with E-state index in [1.165, 1.54) is 11.1 Å². The number of urea groups is 1. The van der Waals surface area contributed by atoms with Crippen LogP contribution in [0.1, 0.15) is 35.6 Å². The molecule has 5 nitrogen and oxygen atoms in total. The van der Waals surface area contributed by atoms with Crippen LogP contribution in [0.25, 0.3) is 5.69 Å². The average molecular weight is 374 g/mol. The number of hydrogen-bond acceptors (Lipinski definition) is 2. The van der Waals surface area contributed by atoms with Crippen molar-refractivity contribution < 1.29 is 4.79 Å². The first-order chi connectivity index (χ1) is 13.7. The second-order valence-corrected chi connectivity index (χ2v) is 7.32. The van der Waals surface area contributed by atoms with Crippen LogP contribution in [0.2, 0.25) is 0 Å². The lowest BCUT2D eigenvalue weighted by molar-refractivity contribution is 0.193. The first-order valence-electron chi connectivity index (χ1n) is 9.91. The van der Waals surface area contributed by atoms with Crippen LogP contribution in [0.3, 0.4) is 0 Å². The Kier molecular flexibility index (Phi) is 5.42. The van der Waals surface area contributed by atoms with E-state index in [1.807, 2.05) is 58.4 Å². The summed E-state index contributed by atoms with van der Waals surface area (Å²) in [5.41, 5.74) is 4.66. The van der Waals surface area contributed by atoms with Gasteiger partial charge in [0.25, 0.3) is 0 Å². The third-order valence-corrected chi connectivity index (χ3v) is 5.41. The highest BCUT2D eigenvalue weighted by molar-refractivity contribution is 5.75. The van der Waals surface area contributed by atoms with E-state index in [9.17, 15) is 4.79 Å². The van der Waals surface area contributed by atoms with Gasteiger partial charge in [-0.3, -0.25) is 0 Å². The molecule has 1 atom stereocenters. The summed E-state index contributed by atoms with van der Waals surface area (Å²) in [5.74, 6) is 0. The Morgan fingerprint density at radius 1 is 1.14 bits per heavy atom. The molecule has 5 heteroatoms. The number of likely N-dealkylation sites (tertiary alicyclic amines) is 1. The number of aromatic nitrogens is 2. The van der Waals surface area contributed by atoms with Gasteiger partial charge >= 0.3 is 6.03 Å². The summed E-state index contributed by atoms with van der Waals surface area (Å²) in [5, 5.41) is 7.51. The second kappa shape index (κ2) is 8.30. The normalized spacial score (nSPS) is 16.3. The molecule has 1 N–H and O–H groups in total. The summed E-state index contributed by atoms with van der Waals surface area (Å²) in [4.78, 5) is 14.7. The molecule has 2 amide bonds. The Morgan fingerprint density at radius 3 is 2.75 bits per heavy atom. The third kappa shape index (κ3) is 3.93. The summed E-state index contributed by atoms with van der Waals surface area (Å²) >= 11 is 0. The number of aryl methyl sites for hydroxylation is 1. The molecule has 1 aromatic heterocycles. The van der Waals surface area contributed by atoms with Gasteiger partial charge in [0.1, 0.15) is 0 Å². The maximum absolute atomic E-state index is 12.8. The van der Waals surface area contributed by atoms with Crippen molar-refractivity contribution in [1.82, 2.24) is 20.0 Å². The monoisotopic (exact) mass is 374 g/mol. The van der Waals surface area contributed by atoms with E-state index >= 15 is 0 Å². The maximum atomic E-state index is 12.8. The SMILES string of the molecule is Cc1ccccc1C1CCCN1C(=O)NCCc1cnn(-c2ccccc2)c1. The molecule has 4 rings (SSSR count). The molecule has 28 heavy (non-hydrogen) atoms. The largest absolute Gasteiger partial charge is 0.338 e. The van der Waals surface area contributed by atoms with E-state index in [0.717, 1.165) is 37.1 Å². The van der Waals surface area contributed by atoms with Crippen molar-refractivity contribution in [3.05, 3.63) is 83.7 Å². The Hall–Kier alpha value is -3.08. The van der Waals surface area contributed by atoms with Crippen molar-refractivity contribution in [2.24, 2.45) is 0 Å². The van der Waals surface area contributed by atoms with Gasteiger partial charge < -0.3 is 10.2 Å². The van der Waals surface area contributed by atoms with Gasteiger partial charge in [0.2, 0.25) is 0 Å². The zero-order chi connectivity index (χ0) is 19.3. The molecule has 2 heterocycles. The summed E-state index contributed by atoms with van der Waals surface area (Å²) < 4.78 is 1.87. The lowest BCUT2D eigenvalue weighted by Gasteiger charge is -2.26. The predicted molar refractivity (Wildman–Crippen MR) is 111 cm³/mol. The molecule has 0 radical (unpaired) electrons. The van der Waals surface area contributed by atoms with E-state index in [2.05, 4.69) is 35.5 Å². The van der Waals surface area contributed by atoms with Crippen molar-refractivity contribution >= 4 is 6.03 Å². The van der Waals surface area contributed by atoms with E-state index in [1.54, 1.807) is 0 Å². The van der Waals surface area contributed by atoms with Crippen LogP contribution in [-0.2, 0) is 6.42 Å². The molecule has 0 aliphatic carbocycles. The highest BCUT2D eigenvalue weighted by Gasteiger charge is 2.30. The summed E-state index contributed by atoms with van der Waals surface area (Å²) in [6.45, 7) is 3.54. The van der Waals surface area contributed by atoms with Crippen molar-refractivity contribution in [3.63, 3.8) is 0 Å². The first-order valence-corrected chi connectivity index (χ1v) is 9.91. The van der Waals surface area contributed by atoms with Gasteiger partial charge in [-0.1, -0.05) is 42.5 Å². The van der Waals surface area contributed by atoms with Crippen LogP contribution in [0, 0.1) is 6.92 Å². The predicted octanol–water partition coefficient (Wildman–Crippen LogP) is 4.27. The second-order valence-electron chi connectivity index (χ2n) is 7.32. The molecule has 1 aliphatic rings. The zero-order valence-electron chi connectivity index (χ0n) is 16.2. The number of nitrogens with one attached hydrogen (secondary N) is 1. The molecule has 1 unspecified atom stereocenters. The number of hydrogen-bond donors (Lipinski definition) is 1. The Labute approximate surface area is 166 Å². The quantitative estimate of drug-likeness (QED) is 0.725. The van der Waals surface area contributed by atoms with E-state index in [0.29, 0.717) is 6.54 Å². The molecular weight excluding hydrogens is 348 g/mol. The number of benzene rings is 2. The van der Waals surface area contributed by atoms with Gasteiger partial charge in [-0.15, -0.1) is 0 Å². The van der Waals surface area contributed by atoms with Crippen LogP contribution in [0.5, 0.6) is 0 Å². The highest BCUT2D eigenvalue weighted by Crippen LogP contribution is 2.33. The van der Waals surface area contributed by atoms with Gasteiger partial charge in [-0.2, -0.15) is 5.10 Å². The van der Waals surface area contributed by atoms with Gasteiger partial charge in [-0.05, 0) is 55.0 Å². The average Bonchev–Trinajstić information content (AvgIpc) is 3.39. The molecular formula is C23H26N4O. The summed E-state index contributed by atoms with van der Waals surface area (Å²) in [7, 11) is 0. The molecule has 0 saturated carbocycles. The van der Waals surface area contributed by atoms with Crippen LogP contribution < -0.4 is 5.32 Å². The number of nitrogens with zero attached hydrogens (tertiary/aromatic N) is 3. The molecule has 1 aliphatic heterocycles. The lowest BCUT2D eigenvalue weighted by Crippen LogP contribution is -2.40. The Morgan fingerprint density at radius 2 is 1.93 bits per heavy atom. The van der Waals surface area contributed by atoms with E-state index in [-0.39, 0.29) is 12.1 Å². The number of carbonyl (C=O) groups is 1. The molecule has 1 saturated heterocycles. The number of amides is 2. The molecule has 0 spiro atoms. The minimum atomic E-state index is 0.0289. The molecule has 1 fully saturated rings. The van der Waals surface area contributed by atoms with Crippen LogP contribution in [0.4, 0.5) is 4.79 Å². The smallest absolute Gasteiger partial charge is 0.317 e. The maximum Gasteiger partial charge on any atom is 0.317 e. The first kappa shape index (κ1) is 18.3. The fraction of sp³-hybridized carbons (Fsp3) is 0.304. The van der Waals surface area contributed by atoms with Gasteiger partial charge in [0.15, 0.2) is 0 Å². The fourth-order valence-electron chi connectivity index (χ4n) is 3.92. The summed E-state index contributed by atoms with van der Waals surface area (Å²) in [6.07, 6.45) is 6.73. The standard InChI is InChI=1S/C23H26N4O/c1-18-8-5-6-11-21(18)22-12-7-15-26(22)23(28)24-14-13-19-16-25-27(17-19)20-9-3-2-4-10-20/h2-6,8-11,16-17,22H,7,12-15H2,1H3,(H,24,28). The number of rotatable bonds is 5. The lowest BCUT2D eigenvalue weighted by atomic mass is 9.99. The highest BCUT2D eigenvalue weighted by atomic mass is 16.2. The third-order valence-electron chi connectivity index (χ3n) is 5.41. The van der Waals surface area contributed by atoms with Crippen LogP contribution >= 0.6 is 0 Å². The van der Waals surface area contributed by atoms with Gasteiger partial charge in [0, 0.05) is 19.3 Å². The Balaban J connectivity index is 1.33. The van der Waals surface area contributed by atoms with Crippen LogP contribution in [-0.4, -0.2) is 33.8 Å². The minimum Gasteiger partial charge on any atom is -0.338 e. The zero-order valence-corrected chi connectivity index (χ0v) is 16.2. The molecule has 2 aromatic carbocycles. The fourth-order valence-corrected chi connectivity index (χ4v) is 3.92. The molecule has 3 aromatic rings. The van der Waals surface area contributed by atoms with Gasteiger partial charge in [0.05, 0.1) is 17.9 Å². The minimum absolute atomic E-state index is 0.0289. The van der Waals surface area contributed by atoms with E-state index < -0.39 is 0 Å².